The van der Waals surface area contributed by atoms with E-state index in [4.69, 9.17) is 4.42 Å². The average Bonchev–Trinajstić information content (AvgIpc) is 4.35. The predicted molar refractivity (Wildman–Crippen MR) is 294 cm³/mol. The number of benzene rings is 9. The number of rotatable bonds is 6. The van der Waals surface area contributed by atoms with Crippen molar-refractivity contribution in [3.05, 3.63) is 256 Å². The molecule has 8 nitrogen and oxygen atoms in total. The van der Waals surface area contributed by atoms with E-state index in [-0.39, 0.29) is 63.2 Å². The third-order valence-electron chi connectivity index (χ3n) is 12.9. The zero-order valence-corrected chi connectivity index (χ0v) is 48.2. The number of aromatic nitrogens is 6. The minimum absolute atomic E-state index is 0. The van der Waals surface area contributed by atoms with Gasteiger partial charge in [0, 0.05) is 66.2 Å². The third kappa shape index (κ3) is 10.3. The molecule has 0 saturated heterocycles. The SMILES string of the molecule is O=S1c2ccccc2-c2ccc(-c3cnn(-c4[c-]cccc4)c3)cc21.[Pt+2].[Pt+2].[Pt+2].[c-]1ccccc1-n1cc(-c2ccc3c(c2)oc2ccccc23)cn1.[c-]1ccccc1-n1cc(-c2ccc3c(c2)sc2ccccc23)cn1. The average molecular weight is 1560 g/mol. The van der Waals surface area contributed by atoms with Gasteiger partial charge in [-0.3, -0.25) is 14.0 Å². The summed E-state index contributed by atoms with van der Waals surface area (Å²) in [6.45, 7) is 0. The second kappa shape index (κ2) is 23.0. The van der Waals surface area contributed by atoms with Gasteiger partial charge in [0.15, 0.2) is 0 Å². The summed E-state index contributed by atoms with van der Waals surface area (Å²) in [6.07, 6.45) is 11.6. The Labute approximate surface area is 487 Å². The molecule has 0 radical (unpaired) electrons. The fourth-order valence-corrected chi connectivity index (χ4v) is 11.8. The van der Waals surface area contributed by atoms with Gasteiger partial charge in [0.05, 0.1) is 39.2 Å². The molecular formula is C63H39N6O2Pt3S2+3. The monoisotopic (exact) mass is 1560 g/mol. The summed E-state index contributed by atoms with van der Waals surface area (Å²) in [5.41, 5.74) is 13.2. The van der Waals surface area contributed by atoms with Crippen molar-refractivity contribution in [2.24, 2.45) is 0 Å². The van der Waals surface area contributed by atoms with Crippen LogP contribution in [0.15, 0.2) is 252 Å². The number of para-hydroxylation sites is 4. The fourth-order valence-electron chi connectivity index (χ4n) is 9.25. The number of furan rings is 1. The first kappa shape index (κ1) is 52.3. The zero-order chi connectivity index (χ0) is 48.7. The van der Waals surface area contributed by atoms with E-state index in [2.05, 4.69) is 119 Å². The Bertz CT molecular complexity index is 4130. The van der Waals surface area contributed by atoms with Crippen LogP contribution in [0.5, 0.6) is 0 Å². The Morgan fingerprint density at radius 1 is 0.395 bits per heavy atom. The molecule has 13 heteroatoms. The van der Waals surface area contributed by atoms with E-state index >= 15 is 0 Å². The van der Waals surface area contributed by atoms with E-state index < -0.39 is 10.8 Å². The van der Waals surface area contributed by atoms with Gasteiger partial charge in [-0.05, 0) is 87.3 Å². The summed E-state index contributed by atoms with van der Waals surface area (Å²) in [4.78, 5) is 1.77. The van der Waals surface area contributed by atoms with E-state index in [9.17, 15) is 4.21 Å². The van der Waals surface area contributed by atoms with Crippen molar-refractivity contribution in [2.75, 3.05) is 0 Å². The number of thiophene rings is 1. The van der Waals surface area contributed by atoms with Crippen molar-refractivity contribution >= 4 is 64.2 Å². The van der Waals surface area contributed by atoms with Crippen molar-refractivity contribution in [1.29, 1.82) is 0 Å². The summed E-state index contributed by atoms with van der Waals surface area (Å²) in [5.74, 6) is 0. The van der Waals surface area contributed by atoms with Crippen LogP contribution >= 0.6 is 11.3 Å². The van der Waals surface area contributed by atoms with Crippen LogP contribution in [-0.2, 0) is 74.0 Å². The van der Waals surface area contributed by atoms with E-state index in [0.717, 1.165) is 87.7 Å². The van der Waals surface area contributed by atoms with Crippen LogP contribution in [0.25, 0.3) is 104 Å². The van der Waals surface area contributed by atoms with Gasteiger partial charge in [-0.2, -0.15) is 88.1 Å². The molecule has 76 heavy (non-hydrogen) atoms. The van der Waals surface area contributed by atoms with Crippen LogP contribution in [0.2, 0.25) is 0 Å². The second-order valence-electron chi connectivity index (χ2n) is 17.4. The Morgan fingerprint density at radius 2 is 0.855 bits per heavy atom. The minimum atomic E-state index is -1.12. The van der Waals surface area contributed by atoms with Gasteiger partial charge in [-0.15, -0.1) is 29.5 Å². The topological polar surface area (TPSA) is 83.7 Å². The molecule has 1 unspecified atom stereocenters. The van der Waals surface area contributed by atoms with Crippen molar-refractivity contribution in [3.63, 3.8) is 0 Å². The fraction of sp³-hybridized carbons (Fsp3) is 0. The van der Waals surface area contributed by atoms with Gasteiger partial charge >= 0.3 is 63.2 Å². The number of hydrogen-bond donors (Lipinski definition) is 0. The van der Waals surface area contributed by atoms with Gasteiger partial charge in [-0.25, -0.2) is 4.21 Å². The summed E-state index contributed by atoms with van der Waals surface area (Å²) in [6, 6.07) is 76.6. The standard InChI is InChI=1S/C21H13N2OS.C21H13N2O.C21H13N2S.3Pt/c24-25-20-9-5-4-8-18(20)19-11-10-15(12-21(19)25)16-13-22-23(14-16)17-6-2-1-3-7-17;2*1-2-6-17(7-3-1)23-14-16(13-22-23)15-10-11-19-18-8-4-5-9-20(18)24-21(19)12-15;;;/h1-6,8-14H;2*1-6,8-14H;;;/q3*-1;3*+2. The van der Waals surface area contributed by atoms with Crippen molar-refractivity contribution in [2.45, 2.75) is 9.79 Å². The molecule has 5 aromatic heterocycles. The molecule has 0 N–H and O–H groups in total. The maximum Gasteiger partial charge on any atom is 2.00 e. The minimum Gasteiger partial charge on any atom is -0.456 e. The van der Waals surface area contributed by atoms with Gasteiger partial charge < -0.3 is 4.42 Å². The summed E-state index contributed by atoms with van der Waals surface area (Å²) in [7, 11) is -1.12. The molecule has 1 aliphatic rings. The molecule has 14 aromatic rings. The molecule has 6 heterocycles. The molecule has 0 amide bonds. The molecular weight excluding hydrogens is 1520 g/mol. The van der Waals surface area contributed by atoms with Crippen LogP contribution in [0.4, 0.5) is 0 Å². The number of hydrogen-bond acceptors (Lipinski definition) is 6. The Balaban J connectivity index is 0.000000127. The molecule has 15 rings (SSSR count). The van der Waals surface area contributed by atoms with Crippen LogP contribution in [0.3, 0.4) is 0 Å². The Kier molecular flexibility index (Phi) is 15.8. The Morgan fingerprint density at radius 3 is 1.46 bits per heavy atom. The normalized spacial score (nSPS) is 12.1. The Hall–Kier alpha value is -7.16. The summed E-state index contributed by atoms with van der Waals surface area (Å²) < 4.78 is 26.9. The second-order valence-corrected chi connectivity index (χ2v) is 19.9. The molecule has 0 fully saturated rings. The molecule has 9 aromatic carbocycles. The maximum atomic E-state index is 12.8. The maximum absolute atomic E-state index is 12.8. The molecule has 0 bridgehead atoms. The van der Waals surface area contributed by atoms with Gasteiger partial charge in [0.25, 0.3) is 0 Å². The number of nitrogens with zero attached hydrogens (tertiary/aromatic N) is 6. The molecule has 372 valence electrons. The van der Waals surface area contributed by atoms with E-state index in [1.54, 1.807) is 4.68 Å². The first-order chi connectivity index (χ1) is 36.1. The first-order valence-electron chi connectivity index (χ1n) is 23.6. The van der Waals surface area contributed by atoms with E-state index in [0.29, 0.717) is 0 Å². The van der Waals surface area contributed by atoms with Crippen molar-refractivity contribution < 1.29 is 71.8 Å². The quantitative estimate of drug-likeness (QED) is 0.155. The van der Waals surface area contributed by atoms with Gasteiger partial charge in [0.1, 0.15) is 11.2 Å². The van der Waals surface area contributed by atoms with Crippen LogP contribution in [0.1, 0.15) is 0 Å². The van der Waals surface area contributed by atoms with E-state index in [1.807, 2.05) is 173 Å². The molecule has 0 aliphatic carbocycles. The van der Waals surface area contributed by atoms with Crippen molar-refractivity contribution in [3.8, 4) is 61.6 Å². The van der Waals surface area contributed by atoms with Gasteiger partial charge in [-0.1, -0.05) is 84.9 Å². The smallest absolute Gasteiger partial charge is 0.456 e. The number of fused-ring (bicyclic) bond motifs is 9. The summed E-state index contributed by atoms with van der Waals surface area (Å²) in [5, 5.41) is 18.3. The molecule has 0 spiro atoms. The largest absolute Gasteiger partial charge is 2.00 e. The zero-order valence-electron chi connectivity index (χ0n) is 39.8. The van der Waals surface area contributed by atoms with E-state index in [1.165, 1.54) is 25.7 Å². The predicted octanol–water partition coefficient (Wildman–Crippen LogP) is 15.4. The van der Waals surface area contributed by atoms with Crippen LogP contribution in [-0.4, -0.2) is 33.6 Å². The molecule has 1 aliphatic heterocycles. The van der Waals surface area contributed by atoms with Gasteiger partial charge in [0.2, 0.25) is 0 Å². The van der Waals surface area contributed by atoms with Crippen LogP contribution < -0.4 is 0 Å². The summed E-state index contributed by atoms with van der Waals surface area (Å²) >= 11 is 1.84. The first-order valence-corrected chi connectivity index (χ1v) is 25.6. The molecule has 0 saturated carbocycles. The third-order valence-corrected chi connectivity index (χ3v) is 15.5. The molecule has 1 atom stereocenters. The van der Waals surface area contributed by atoms with Crippen molar-refractivity contribution in [1.82, 2.24) is 29.3 Å². The van der Waals surface area contributed by atoms with Crippen LogP contribution in [0, 0.1) is 18.2 Å².